The Bertz CT molecular complexity index is 676. The van der Waals surface area contributed by atoms with Gasteiger partial charge in [0.05, 0.1) is 17.8 Å². The van der Waals surface area contributed by atoms with Crippen LogP contribution >= 0.6 is 0 Å². The molecule has 0 bridgehead atoms. The van der Waals surface area contributed by atoms with Crippen molar-refractivity contribution in [1.82, 2.24) is 4.98 Å². The van der Waals surface area contributed by atoms with E-state index in [1.807, 2.05) is 6.92 Å². The van der Waals surface area contributed by atoms with Crippen molar-refractivity contribution in [2.75, 3.05) is 25.1 Å². The van der Waals surface area contributed by atoms with Gasteiger partial charge in [-0.05, 0) is 30.7 Å². The Morgan fingerprint density at radius 3 is 2.82 bits per heavy atom. The molecule has 2 aromatic rings. The van der Waals surface area contributed by atoms with Crippen molar-refractivity contribution >= 4 is 22.6 Å². The molecule has 0 atom stereocenters. The number of pyridine rings is 1. The molecule has 0 saturated carbocycles. The fraction of sp³-hybridized carbons (Fsp3) is 0.375. The fourth-order valence-corrected chi connectivity index (χ4v) is 2.43. The van der Waals surface area contributed by atoms with Crippen LogP contribution in [0.2, 0.25) is 0 Å². The number of ether oxygens (including phenoxy) is 1. The molecule has 0 aliphatic heterocycles. The zero-order valence-corrected chi connectivity index (χ0v) is 12.7. The van der Waals surface area contributed by atoms with E-state index < -0.39 is 5.97 Å². The molecule has 22 heavy (non-hydrogen) atoms. The van der Waals surface area contributed by atoms with Crippen LogP contribution in [0.25, 0.3) is 10.9 Å². The molecule has 1 N–H and O–H groups in total. The van der Waals surface area contributed by atoms with Gasteiger partial charge in [0, 0.05) is 24.7 Å². The smallest absolute Gasteiger partial charge is 0.323 e. The fourth-order valence-electron chi connectivity index (χ4n) is 2.43. The Hall–Kier alpha value is -2.21. The normalized spacial score (nSPS) is 10.9. The lowest BCUT2D eigenvalue weighted by Crippen LogP contribution is -2.30. The van der Waals surface area contributed by atoms with E-state index >= 15 is 0 Å². The van der Waals surface area contributed by atoms with Crippen molar-refractivity contribution in [3.63, 3.8) is 0 Å². The number of anilines is 1. The average Bonchev–Trinajstić information content (AvgIpc) is 2.46. The molecule has 0 radical (unpaired) electrons. The number of carboxylic acid groups (broad SMARTS) is 1. The molecule has 0 aliphatic carbocycles. The highest BCUT2D eigenvalue weighted by Gasteiger charge is 2.15. The molecular formula is C16H19FN2O3. The Morgan fingerprint density at radius 2 is 2.18 bits per heavy atom. The SMILES string of the molecule is CCCN(CC(=O)O)c1cc(COC)nc2ccc(F)cc12. The number of hydrogen-bond donors (Lipinski definition) is 1. The van der Waals surface area contributed by atoms with Gasteiger partial charge in [0.15, 0.2) is 0 Å². The first-order valence-electron chi connectivity index (χ1n) is 7.10. The van der Waals surface area contributed by atoms with Gasteiger partial charge in [-0.25, -0.2) is 4.39 Å². The highest BCUT2D eigenvalue weighted by Crippen LogP contribution is 2.28. The summed E-state index contributed by atoms with van der Waals surface area (Å²) in [6.07, 6.45) is 0.784. The molecule has 1 heterocycles. The summed E-state index contributed by atoms with van der Waals surface area (Å²) in [5, 5.41) is 9.72. The summed E-state index contributed by atoms with van der Waals surface area (Å²) in [4.78, 5) is 17.3. The van der Waals surface area contributed by atoms with Crippen LogP contribution in [-0.4, -0.2) is 36.3 Å². The van der Waals surface area contributed by atoms with Crippen molar-refractivity contribution in [3.05, 3.63) is 35.8 Å². The molecule has 0 unspecified atom stereocenters. The van der Waals surface area contributed by atoms with E-state index in [1.54, 1.807) is 24.1 Å². The molecule has 1 aromatic carbocycles. The Morgan fingerprint density at radius 1 is 1.41 bits per heavy atom. The number of hydrogen-bond acceptors (Lipinski definition) is 4. The maximum atomic E-state index is 13.6. The second-order valence-electron chi connectivity index (χ2n) is 5.04. The van der Waals surface area contributed by atoms with Crippen LogP contribution in [0.1, 0.15) is 19.0 Å². The molecule has 2 rings (SSSR count). The number of carbonyl (C=O) groups is 1. The second kappa shape index (κ2) is 7.17. The lowest BCUT2D eigenvalue weighted by molar-refractivity contribution is -0.135. The van der Waals surface area contributed by atoms with Gasteiger partial charge in [0.25, 0.3) is 0 Å². The van der Waals surface area contributed by atoms with Gasteiger partial charge in [0.1, 0.15) is 12.4 Å². The summed E-state index contributed by atoms with van der Waals surface area (Å²) in [6.45, 7) is 2.70. The van der Waals surface area contributed by atoms with Gasteiger partial charge < -0.3 is 14.7 Å². The number of fused-ring (bicyclic) bond motifs is 1. The second-order valence-corrected chi connectivity index (χ2v) is 5.04. The van der Waals surface area contributed by atoms with Crippen LogP contribution in [0.4, 0.5) is 10.1 Å². The molecule has 0 amide bonds. The number of aromatic nitrogens is 1. The third-order valence-electron chi connectivity index (χ3n) is 3.25. The maximum Gasteiger partial charge on any atom is 0.323 e. The molecule has 0 fully saturated rings. The summed E-state index contributed by atoms with van der Waals surface area (Å²) < 4.78 is 18.7. The first kappa shape index (κ1) is 16.2. The first-order valence-corrected chi connectivity index (χ1v) is 7.10. The molecule has 6 heteroatoms. The lowest BCUT2D eigenvalue weighted by atomic mass is 10.1. The minimum absolute atomic E-state index is 0.143. The third kappa shape index (κ3) is 3.71. The summed E-state index contributed by atoms with van der Waals surface area (Å²) in [5.41, 5.74) is 1.97. The number of benzene rings is 1. The minimum Gasteiger partial charge on any atom is -0.480 e. The van der Waals surface area contributed by atoms with Crippen molar-refractivity contribution in [3.8, 4) is 0 Å². The van der Waals surface area contributed by atoms with E-state index in [0.29, 0.717) is 35.4 Å². The van der Waals surface area contributed by atoms with Gasteiger partial charge >= 0.3 is 5.97 Å². The van der Waals surface area contributed by atoms with Crippen molar-refractivity contribution in [2.24, 2.45) is 0 Å². The number of aliphatic carboxylic acids is 1. The minimum atomic E-state index is -0.928. The van der Waals surface area contributed by atoms with Crippen molar-refractivity contribution in [2.45, 2.75) is 20.0 Å². The third-order valence-corrected chi connectivity index (χ3v) is 3.25. The average molecular weight is 306 g/mol. The summed E-state index contributed by atoms with van der Waals surface area (Å²) in [7, 11) is 1.57. The van der Waals surface area contributed by atoms with E-state index in [0.717, 1.165) is 6.42 Å². The van der Waals surface area contributed by atoms with Crippen LogP contribution in [-0.2, 0) is 16.1 Å². The van der Waals surface area contributed by atoms with E-state index in [-0.39, 0.29) is 12.4 Å². The molecule has 0 spiro atoms. The van der Waals surface area contributed by atoms with Crippen LogP contribution in [0.3, 0.4) is 0 Å². The van der Waals surface area contributed by atoms with E-state index in [2.05, 4.69) is 4.98 Å². The van der Waals surface area contributed by atoms with Crippen molar-refractivity contribution < 1.29 is 19.0 Å². The number of carboxylic acids is 1. The summed E-state index contributed by atoms with van der Waals surface area (Å²) >= 11 is 0. The summed E-state index contributed by atoms with van der Waals surface area (Å²) in [6, 6.07) is 6.10. The Labute approximate surface area is 128 Å². The van der Waals surface area contributed by atoms with E-state index in [4.69, 9.17) is 9.84 Å². The number of halogens is 1. The molecule has 5 nitrogen and oxygen atoms in total. The van der Waals surface area contributed by atoms with Crippen LogP contribution in [0.15, 0.2) is 24.3 Å². The highest BCUT2D eigenvalue weighted by atomic mass is 19.1. The monoisotopic (exact) mass is 306 g/mol. The number of rotatable bonds is 7. The molecule has 1 aromatic heterocycles. The van der Waals surface area contributed by atoms with Gasteiger partial charge in [-0.15, -0.1) is 0 Å². The van der Waals surface area contributed by atoms with Crippen LogP contribution < -0.4 is 4.90 Å². The zero-order chi connectivity index (χ0) is 16.1. The molecule has 0 aliphatic rings. The topological polar surface area (TPSA) is 62.7 Å². The van der Waals surface area contributed by atoms with Crippen molar-refractivity contribution in [1.29, 1.82) is 0 Å². The van der Waals surface area contributed by atoms with Gasteiger partial charge in [-0.2, -0.15) is 0 Å². The Kier molecular flexibility index (Phi) is 5.27. The predicted molar refractivity (Wildman–Crippen MR) is 82.6 cm³/mol. The predicted octanol–water partition coefficient (Wildman–Crippen LogP) is 2.82. The first-order chi connectivity index (χ1) is 10.5. The maximum absolute atomic E-state index is 13.6. The number of methoxy groups -OCH3 is 1. The quantitative estimate of drug-likeness (QED) is 0.852. The van der Waals surface area contributed by atoms with E-state index in [1.165, 1.54) is 12.1 Å². The van der Waals surface area contributed by atoms with Crippen LogP contribution in [0, 0.1) is 5.82 Å². The largest absolute Gasteiger partial charge is 0.480 e. The lowest BCUT2D eigenvalue weighted by Gasteiger charge is -2.24. The number of nitrogens with zero attached hydrogens (tertiary/aromatic N) is 2. The van der Waals surface area contributed by atoms with Gasteiger partial charge in [-0.1, -0.05) is 6.92 Å². The summed E-state index contributed by atoms with van der Waals surface area (Å²) in [5.74, 6) is -1.30. The standard InChI is InChI=1S/C16H19FN2O3/c1-3-6-19(9-16(20)21)15-8-12(10-22-2)18-14-5-4-11(17)7-13(14)15/h4-5,7-8H,3,6,9-10H2,1-2H3,(H,20,21). The zero-order valence-electron chi connectivity index (χ0n) is 12.7. The van der Waals surface area contributed by atoms with Gasteiger partial charge in [-0.3, -0.25) is 9.78 Å². The van der Waals surface area contributed by atoms with Gasteiger partial charge in [0.2, 0.25) is 0 Å². The van der Waals surface area contributed by atoms with E-state index in [9.17, 15) is 9.18 Å². The molecule has 118 valence electrons. The highest BCUT2D eigenvalue weighted by molar-refractivity contribution is 5.93. The van der Waals surface area contributed by atoms with Crippen LogP contribution in [0.5, 0.6) is 0 Å². The molecule has 0 saturated heterocycles. The molecular weight excluding hydrogens is 287 g/mol. The Balaban J connectivity index is 2.60.